The monoisotopic (exact) mass is 386 g/mol. The first-order chi connectivity index (χ1) is 13.1. The Bertz CT molecular complexity index is 824. The molecule has 0 aliphatic heterocycles. The molecule has 5 nitrogen and oxygen atoms in total. The average molecular weight is 387 g/mol. The van der Waals surface area contributed by atoms with E-state index in [1.807, 2.05) is 6.92 Å². The second kappa shape index (κ2) is 8.01. The fraction of sp³-hybridized carbons (Fsp3) is 0.571. The predicted octanol–water partition coefficient (Wildman–Crippen LogP) is 4.11. The maximum Gasteiger partial charge on any atom is 0.253 e. The molecule has 2 heterocycles. The molecular weight excluding hydrogens is 360 g/mol. The number of rotatable bonds is 4. The first-order valence-electron chi connectivity index (χ1n) is 10.1. The predicted molar refractivity (Wildman–Crippen MR) is 106 cm³/mol. The largest absolute Gasteiger partial charge is 0.349 e. The standard InChI is InChI=1S/C21H27ClN4O/c1-14-19(10-17(22)12-23-14)21(27)25-18-8-6-15(7-9-18)13-26-20-5-3-2-4-16(20)11-24-26/h10-12,15,18H,2-9,13H2,1H3,(H,25,27). The van der Waals surface area contributed by atoms with Gasteiger partial charge in [0.2, 0.25) is 0 Å². The molecule has 1 amide bonds. The van der Waals surface area contributed by atoms with E-state index in [4.69, 9.17) is 11.6 Å². The molecule has 0 radical (unpaired) electrons. The molecule has 1 N–H and O–H groups in total. The molecule has 0 unspecified atom stereocenters. The summed E-state index contributed by atoms with van der Waals surface area (Å²) in [4.78, 5) is 16.7. The third-order valence-corrected chi connectivity index (χ3v) is 6.26. The van der Waals surface area contributed by atoms with Gasteiger partial charge in [-0.05, 0) is 75.8 Å². The maximum absolute atomic E-state index is 12.6. The van der Waals surface area contributed by atoms with Crippen LogP contribution in [-0.4, -0.2) is 26.7 Å². The minimum Gasteiger partial charge on any atom is -0.349 e. The molecule has 0 bridgehead atoms. The van der Waals surface area contributed by atoms with E-state index in [9.17, 15) is 4.79 Å². The molecule has 0 atom stereocenters. The smallest absolute Gasteiger partial charge is 0.253 e. The zero-order valence-corrected chi connectivity index (χ0v) is 16.6. The van der Waals surface area contributed by atoms with Crippen molar-refractivity contribution in [3.05, 3.63) is 46.0 Å². The van der Waals surface area contributed by atoms with Gasteiger partial charge in [0.15, 0.2) is 0 Å². The van der Waals surface area contributed by atoms with E-state index in [0.29, 0.717) is 22.2 Å². The lowest BCUT2D eigenvalue weighted by Crippen LogP contribution is -2.38. The summed E-state index contributed by atoms with van der Waals surface area (Å²) in [6.07, 6.45) is 12.9. The number of aryl methyl sites for hydroxylation is 2. The number of halogens is 1. The number of aromatic nitrogens is 3. The van der Waals surface area contributed by atoms with E-state index < -0.39 is 0 Å². The molecule has 1 fully saturated rings. The normalized spacial score (nSPS) is 22.3. The molecule has 2 aliphatic rings. The van der Waals surface area contributed by atoms with Crippen molar-refractivity contribution in [3.63, 3.8) is 0 Å². The Balaban J connectivity index is 1.31. The second-order valence-corrected chi connectivity index (χ2v) is 8.42. The molecular formula is C21H27ClN4O. The van der Waals surface area contributed by atoms with Crippen LogP contribution in [0.25, 0.3) is 0 Å². The van der Waals surface area contributed by atoms with E-state index in [1.165, 1.54) is 36.9 Å². The van der Waals surface area contributed by atoms with Crippen molar-refractivity contribution in [1.29, 1.82) is 0 Å². The number of carbonyl (C=O) groups excluding carboxylic acids is 1. The van der Waals surface area contributed by atoms with Gasteiger partial charge < -0.3 is 5.32 Å². The van der Waals surface area contributed by atoms with Gasteiger partial charge >= 0.3 is 0 Å². The van der Waals surface area contributed by atoms with Crippen LogP contribution in [0.2, 0.25) is 5.02 Å². The van der Waals surface area contributed by atoms with Crippen molar-refractivity contribution in [2.24, 2.45) is 5.92 Å². The van der Waals surface area contributed by atoms with Gasteiger partial charge in [0.25, 0.3) is 5.91 Å². The molecule has 6 heteroatoms. The Morgan fingerprint density at radius 1 is 1.22 bits per heavy atom. The maximum atomic E-state index is 12.6. The Hall–Kier alpha value is -1.88. The number of fused-ring (bicyclic) bond motifs is 1. The van der Waals surface area contributed by atoms with E-state index in [-0.39, 0.29) is 11.9 Å². The number of pyridine rings is 1. The lowest BCUT2D eigenvalue weighted by atomic mass is 9.85. The third kappa shape index (κ3) is 4.18. The van der Waals surface area contributed by atoms with Crippen LogP contribution in [0, 0.1) is 12.8 Å². The molecule has 2 aliphatic carbocycles. The highest BCUT2D eigenvalue weighted by atomic mass is 35.5. The summed E-state index contributed by atoms with van der Waals surface area (Å²) >= 11 is 5.99. The molecule has 27 heavy (non-hydrogen) atoms. The molecule has 2 aromatic heterocycles. The summed E-state index contributed by atoms with van der Waals surface area (Å²) in [6, 6.07) is 1.93. The van der Waals surface area contributed by atoms with Gasteiger partial charge in [-0.1, -0.05) is 11.6 Å². The number of hydrogen-bond acceptors (Lipinski definition) is 3. The van der Waals surface area contributed by atoms with Crippen LogP contribution in [0.4, 0.5) is 0 Å². The summed E-state index contributed by atoms with van der Waals surface area (Å²) < 4.78 is 2.25. The van der Waals surface area contributed by atoms with E-state index in [1.54, 1.807) is 12.3 Å². The van der Waals surface area contributed by atoms with Crippen LogP contribution >= 0.6 is 11.6 Å². The van der Waals surface area contributed by atoms with E-state index >= 15 is 0 Å². The van der Waals surface area contributed by atoms with Crippen LogP contribution in [0.1, 0.15) is 65.8 Å². The van der Waals surface area contributed by atoms with Gasteiger partial charge in [0, 0.05) is 24.5 Å². The molecule has 4 rings (SSSR count). The molecule has 0 saturated heterocycles. The number of amides is 1. The zero-order valence-electron chi connectivity index (χ0n) is 15.9. The van der Waals surface area contributed by atoms with Gasteiger partial charge in [-0.2, -0.15) is 5.10 Å². The minimum absolute atomic E-state index is 0.0629. The van der Waals surface area contributed by atoms with Crippen LogP contribution in [0.5, 0.6) is 0 Å². The summed E-state index contributed by atoms with van der Waals surface area (Å²) in [5.74, 6) is 0.589. The number of nitrogens with zero attached hydrogens (tertiary/aromatic N) is 3. The minimum atomic E-state index is -0.0629. The van der Waals surface area contributed by atoms with Crippen LogP contribution in [0.3, 0.4) is 0 Å². The van der Waals surface area contributed by atoms with Crippen molar-refractivity contribution in [3.8, 4) is 0 Å². The van der Waals surface area contributed by atoms with Gasteiger partial charge in [-0.25, -0.2) is 0 Å². The highest BCUT2D eigenvalue weighted by Gasteiger charge is 2.25. The molecule has 0 aromatic carbocycles. The fourth-order valence-corrected chi connectivity index (χ4v) is 4.61. The highest BCUT2D eigenvalue weighted by Crippen LogP contribution is 2.28. The summed E-state index contributed by atoms with van der Waals surface area (Å²) in [7, 11) is 0. The van der Waals surface area contributed by atoms with Gasteiger partial charge in [0.1, 0.15) is 0 Å². The summed E-state index contributed by atoms with van der Waals surface area (Å²) in [5, 5.41) is 8.31. The van der Waals surface area contributed by atoms with Crippen LogP contribution in [0.15, 0.2) is 18.5 Å². The number of nitrogens with one attached hydrogen (secondary N) is 1. The third-order valence-electron chi connectivity index (χ3n) is 6.06. The topological polar surface area (TPSA) is 59.8 Å². The molecule has 1 saturated carbocycles. The zero-order chi connectivity index (χ0) is 18.8. The first kappa shape index (κ1) is 18.5. The van der Waals surface area contributed by atoms with E-state index in [2.05, 4.69) is 26.3 Å². The SMILES string of the molecule is Cc1ncc(Cl)cc1C(=O)NC1CCC(Cn2ncc3c2CCCC3)CC1. The first-order valence-corrected chi connectivity index (χ1v) is 10.4. The van der Waals surface area contributed by atoms with Crippen molar-refractivity contribution in [1.82, 2.24) is 20.1 Å². The van der Waals surface area contributed by atoms with E-state index in [0.717, 1.165) is 32.2 Å². The van der Waals surface area contributed by atoms with Gasteiger partial charge in [-0.3, -0.25) is 14.5 Å². The number of hydrogen-bond donors (Lipinski definition) is 1. The highest BCUT2D eigenvalue weighted by molar-refractivity contribution is 6.30. The lowest BCUT2D eigenvalue weighted by molar-refractivity contribution is 0.0919. The van der Waals surface area contributed by atoms with Crippen molar-refractivity contribution < 1.29 is 4.79 Å². The number of carbonyl (C=O) groups is 1. The van der Waals surface area contributed by atoms with Crippen LogP contribution < -0.4 is 5.32 Å². The quantitative estimate of drug-likeness (QED) is 0.860. The molecule has 144 valence electrons. The van der Waals surface area contributed by atoms with Crippen molar-refractivity contribution in [2.75, 3.05) is 0 Å². The fourth-order valence-electron chi connectivity index (χ4n) is 4.45. The Morgan fingerprint density at radius 3 is 2.81 bits per heavy atom. The second-order valence-electron chi connectivity index (χ2n) is 7.98. The summed E-state index contributed by atoms with van der Waals surface area (Å²) in [5.41, 5.74) is 4.20. The summed E-state index contributed by atoms with van der Waals surface area (Å²) in [6.45, 7) is 2.86. The Kier molecular flexibility index (Phi) is 5.48. The van der Waals surface area contributed by atoms with Crippen LogP contribution in [-0.2, 0) is 19.4 Å². The Labute approximate surface area is 165 Å². The van der Waals surface area contributed by atoms with Crippen molar-refractivity contribution in [2.45, 2.75) is 70.9 Å². The van der Waals surface area contributed by atoms with Crippen molar-refractivity contribution >= 4 is 17.5 Å². The van der Waals surface area contributed by atoms with Gasteiger partial charge in [0.05, 0.1) is 22.5 Å². The lowest BCUT2D eigenvalue weighted by Gasteiger charge is -2.29. The molecule has 2 aromatic rings. The molecule has 0 spiro atoms. The average Bonchev–Trinajstić information content (AvgIpc) is 3.08. The van der Waals surface area contributed by atoms with Gasteiger partial charge in [-0.15, -0.1) is 0 Å². The Morgan fingerprint density at radius 2 is 2.00 bits per heavy atom.